The number of benzene rings is 2. The zero-order valence-corrected chi connectivity index (χ0v) is 23.4. The monoisotopic (exact) mass is 547 g/mol. The fourth-order valence-corrected chi connectivity index (χ4v) is 6.17. The zero-order chi connectivity index (χ0) is 27.9. The largest absolute Gasteiger partial charge is 0.496 e. The fraction of sp³-hybridized carbons (Fsp3) is 0.379. The van der Waals surface area contributed by atoms with Gasteiger partial charge in [-0.15, -0.1) is 0 Å². The molecule has 39 heavy (non-hydrogen) atoms. The number of carbonyl (C=O) groups is 3. The lowest BCUT2D eigenvalue weighted by Crippen LogP contribution is -2.52. The van der Waals surface area contributed by atoms with E-state index in [2.05, 4.69) is 27.5 Å². The highest BCUT2D eigenvalue weighted by molar-refractivity contribution is 7.78. The van der Waals surface area contributed by atoms with Crippen LogP contribution >= 0.6 is 12.8 Å². The second-order valence-electron chi connectivity index (χ2n) is 10.7. The Morgan fingerprint density at radius 2 is 2.03 bits per heavy atom. The van der Waals surface area contributed by atoms with Crippen LogP contribution < -0.4 is 15.0 Å². The molecule has 1 saturated heterocycles. The molecule has 0 aliphatic carbocycles. The Hall–Kier alpha value is -3.79. The summed E-state index contributed by atoms with van der Waals surface area (Å²) in [6.07, 6.45) is 2.43. The second-order valence-corrected chi connectivity index (χ2v) is 11.0. The van der Waals surface area contributed by atoms with E-state index >= 15 is 0 Å². The molecule has 2 N–H and O–H groups in total. The van der Waals surface area contributed by atoms with E-state index in [-0.39, 0.29) is 30.2 Å². The number of aromatic amines is 1. The zero-order valence-electron chi connectivity index (χ0n) is 22.5. The molecule has 9 nitrogen and oxygen atoms in total. The van der Waals surface area contributed by atoms with Gasteiger partial charge in [-0.3, -0.25) is 14.4 Å². The minimum Gasteiger partial charge on any atom is -0.496 e. The molecule has 2 aromatic carbocycles. The Balaban J connectivity index is 1.45. The Morgan fingerprint density at radius 1 is 1.26 bits per heavy atom. The van der Waals surface area contributed by atoms with Crippen molar-refractivity contribution in [1.29, 1.82) is 0 Å². The Kier molecular flexibility index (Phi) is 7.15. The number of rotatable bonds is 7. The van der Waals surface area contributed by atoms with Gasteiger partial charge in [0.05, 0.1) is 18.6 Å². The van der Waals surface area contributed by atoms with Crippen molar-refractivity contribution in [3.63, 3.8) is 0 Å². The molecule has 3 aromatic rings. The summed E-state index contributed by atoms with van der Waals surface area (Å²) in [5.41, 5.74) is 1.98. The summed E-state index contributed by atoms with van der Waals surface area (Å²) in [6.45, 7) is 4.21. The third kappa shape index (κ3) is 4.56. The smallest absolute Gasteiger partial charge is 0.268 e. The molecule has 2 aliphatic rings. The number of H-pyrrole nitrogens is 1. The molecular weight excluding hydrogens is 514 g/mol. The van der Waals surface area contributed by atoms with Crippen molar-refractivity contribution in [2.24, 2.45) is 10.3 Å². The van der Waals surface area contributed by atoms with E-state index in [1.165, 1.54) is 0 Å². The van der Waals surface area contributed by atoms with Crippen LogP contribution in [0.1, 0.15) is 42.7 Å². The maximum absolute atomic E-state index is 14.1. The average Bonchev–Trinajstić information content (AvgIpc) is 3.59. The average molecular weight is 548 g/mol. The number of thiol groups is 1. The summed E-state index contributed by atoms with van der Waals surface area (Å²) in [6, 6.07) is 13.7. The summed E-state index contributed by atoms with van der Waals surface area (Å²) in [5.74, 6) is 0.104. The summed E-state index contributed by atoms with van der Waals surface area (Å²) < 4.78 is 9.34. The lowest BCUT2D eigenvalue weighted by molar-refractivity contribution is -0.133. The number of hydrogen-bond donors (Lipinski definition) is 3. The first-order chi connectivity index (χ1) is 18.7. The van der Waals surface area contributed by atoms with Crippen LogP contribution in [0.25, 0.3) is 10.9 Å². The van der Waals surface area contributed by atoms with Crippen molar-refractivity contribution >= 4 is 53.3 Å². The van der Waals surface area contributed by atoms with Gasteiger partial charge in [0.25, 0.3) is 5.91 Å². The van der Waals surface area contributed by atoms with E-state index in [0.717, 1.165) is 22.2 Å². The van der Waals surface area contributed by atoms with E-state index in [9.17, 15) is 14.4 Å². The summed E-state index contributed by atoms with van der Waals surface area (Å²) in [4.78, 5) is 47.6. The number of methoxy groups -OCH3 is 1. The lowest BCUT2D eigenvalue weighted by atomic mass is 9.79. The normalized spacial score (nSPS) is 21.4. The van der Waals surface area contributed by atoms with Crippen LogP contribution in [0.4, 0.5) is 5.69 Å². The standard InChI is InChI=1S/C29H33N5O4S/c1-17(2)12-23(32-26(35)22-13-19-21(31-22)9-7-11-25(19)38-4)27(36)34-16-29(14-18(34)15-30-39)20-8-5-6-10-24(20)33(3)28(29)37/h5-11,13,15,17-18,23,31,39H,12,14,16H2,1-4H3,(H,32,35)/t18-,23?,29-/m0/s1. The molecule has 1 aromatic heterocycles. The summed E-state index contributed by atoms with van der Waals surface area (Å²) >= 11 is 4.03. The van der Waals surface area contributed by atoms with E-state index in [0.29, 0.717) is 24.3 Å². The number of hydrogen-bond acceptors (Lipinski definition) is 6. The van der Waals surface area contributed by atoms with E-state index in [1.54, 1.807) is 36.2 Å². The van der Waals surface area contributed by atoms with Gasteiger partial charge < -0.3 is 24.8 Å². The number of fused-ring (bicyclic) bond motifs is 3. The van der Waals surface area contributed by atoms with Crippen LogP contribution in [0.15, 0.2) is 52.9 Å². The highest BCUT2D eigenvalue weighted by atomic mass is 32.1. The van der Waals surface area contributed by atoms with Crippen molar-refractivity contribution in [1.82, 2.24) is 15.2 Å². The van der Waals surface area contributed by atoms with Gasteiger partial charge in [0.15, 0.2) is 0 Å². The van der Waals surface area contributed by atoms with E-state index in [1.807, 2.05) is 56.3 Å². The number of ether oxygens (including phenoxy) is 1. The molecule has 1 unspecified atom stereocenters. The van der Waals surface area contributed by atoms with Gasteiger partial charge in [-0.1, -0.05) is 38.1 Å². The highest BCUT2D eigenvalue weighted by Gasteiger charge is 2.57. The predicted molar refractivity (Wildman–Crippen MR) is 155 cm³/mol. The predicted octanol–water partition coefficient (Wildman–Crippen LogP) is 3.75. The topological polar surface area (TPSA) is 107 Å². The van der Waals surface area contributed by atoms with Crippen molar-refractivity contribution in [3.8, 4) is 5.75 Å². The van der Waals surface area contributed by atoms with E-state index in [4.69, 9.17) is 4.74 Å². The maximum Gasteiger partial charge on any atom is 0.268 e. The van der Waals surface area contributed by atoms with Crippen molar-refractivity contribution in [3.05, 3.63) is 59.8 Å². The first-order valence-corrected chi connectivity index (χ1v) is 13.4. The number of anilines is 1. The number of likely N-dealkylation sites (tertiary alicyclic amines) is 1. The van der Waals surface area contributed by atoms with E-state index < -0.39 is 17.5 Å². The Bertz CT molecular complexity index is 1470. The third-order valence-corrected chi connectivity index (χ3v) is 7.95. The van der Waals surface area contributed by atoms with Gasteiger partial charge in [0, 0.05) is 36.4 Å². The molecule has 5 rings (SSSR count). The quantitative estimate of drug-likeness (QED) is 0.309. The molecule has 204 valence electrons. The van der Waals surface area contributed by atoms with Crippen LogP contribution in [-0.4, -0.2) is 66.6 Å². The molecule has 0 bridgehead atoms. The number of amides is 3. The van der Waals surface area contributed by atoms with Crippen molar-refractivity contribution < 1.29 is 19.1 Å². The molecule has 2 aliphatic heterocycles. The van der Waals surface area contributed by atoms with Crippen molar-refractivity contribution in [2.75, 3.05) is 25.6 Å². The molecule has 1 spiro atoms. The van der Waals surface area contributed by atoms with Gasteiger partial charge in [0.2, 0.25) is 11.8 Å². The molecule has 3 atom stereocenters. The highest BCUT2D eigenvalue weighted by Crippen LogP contribution is 2.48. The first kappa shape index (κ1) is 26.8. The minimum absolute atomic E-state index is 0.0481. The molecule has 3 heterocycles. The maximum atomic E-state index is 14.1. The third-order valence-electron chi connectivity index (χ3n) is 7.81. The lowest BCUT2D eigenvalue weighted by Gasteiger charge is -2.29. The number of carbonyl (C=O) groups excluding carboxylic acids is 3. The summed E-state index contributed by atoms with van der Waals surface area (Å²) in [5, 5.41) is 3.74. The number of likely N-dealkylation sites (N-methyl/N-ethyl adjacent to an activating group) is 1. The van der Waals surface area contributed by atoms with Gasteiger partial charge in [0.1, 0.15) is 17.5 Å². The van der Waals surface area contributed by atoms with Crippen LogP contribution in [0.3, 0.4) is 0 Å². The fourth-order valence-electron chi connectivity index (χ4n) is 6.01. The molecule has 0 saturated carbocycles. The molecule has 3 amide bonds. The summed E-state index contributed by atoms with van der Waals surface area (Å²) in [7, 11) is 3.34. The van der Waals surface area contributed by atoms with Crippen LogP contribution in [0.5, 0.6) is 5.75 Å². The number of para-hydroxylation sites is 1. The Morgan fingerprint density at radius 3 is 2.74 bits per heavy atom. The molecule has 0 radical (unpaired) electrons. The molecule has 10 heteroatoms. The first-order valence-electron chi connectivity index (χ1n) is 13.0. The number of nitrogens with zero attached hydrogens (tertiary/aromatic N) is 3. The number of nitrogens with one attached hydrogen (secondary N) is 2. The van der Waals surface area contributed by atoms with Gasteiger partial charge >= 0.3 is 0 Å². The molecular formula is C29H33N5O4S. The minimum atomic E-state index is -0.874. The SMILES string of the molecule is COc1cccc2[nH]c(C(=O)NC(CC(C)C)C(=O)N3C[C@]4(C[C@H]3C=NS)C(=O)N(C)c3ccccc34)cc12. The van der Waals surface area contributed by atoms with Gasteiger partial charge in [-0.2, -0.15) is 0 Å². The van der Waals surface area contributed by atoms with Crippen LogP contribution in [0.2, 0.25) is 0 Å². The van der Waals surface area contributed by atoms with Crippen LogP contribution in [-0.2, 0) is 15.0 Å². The molecule has 1 fully saturated rings. The second kappa shape index (κ2) is 10.4. The number of aromatic nitrogens is 1. The van der Waals surface area contributed by atoms with Gasteiger partial charge in [-0.25, -0.2) is 4.40 Å². The van der Waals surface area contributed by atoms with Crippen LogP contribution in [0, 0.1) is 5.92 Å². The van der Waals surface area contributed by atoms with Crippen molar-refractivity contribution in [2.45, 2.75) is 44.2 Å². The Labute approximate surface area is 233 Å². The van der Waals surface area contributed by atoms with Gasteiger partial charge in [-0.05, 0) is 61.4 Å².